The lowest BCUT2D eigenvalue weighted by atomic mass is 10.0. The van der Waals surface area contributed by atoms with Crippen LogP contribution in [0.25, 0.3) is 0 Å². The van der Waals surface area contributed by atoms with Crippen molar-refractivity contribution in [2.75, 3.05) is 0 Å². The van der Waals surface area contributed by atoms with Gasteiger partial charge in [0, 0.05) is 25.3 Å². The maximum atomic E-state index is 12.3. The smallest absolute Gasteiger partial charge is 0.275 e. The Morgan fingerprint density at radius 3 is 2.17 bits per heavy atom. The topological polar surface area (TPSA) is 156 Å². The Kier molecular flexibility index (Phi) is 5.66. The Morgan fingerprint density at radius 2 is 1.62 bits per heavy atom. The standard InChI is InChI=1S/C13H11N3O5.C5H7NO2/c17-11-5-4-10(12(18)14-11)15-6-8-7(13(15)19)2-1-3-9(8)16(20)21;7-4-2-1-3-5(8)6-4/h1-3,10H,4-6H2,(H,14,17,18);1-3H2,(H,6,7,8). The van der Waals surface area contributed by atoms with Crippen molar-refractivity contribution in [3.63, 3.8) is 0 Å². The summed E-state index contributed by atoms with van der Waals surface area (Å²) in [4.78, 5) is 67.8. The normalized spacial score (nSPS) is 21.0. The van der Waals surface area contributed by atoms with Crippen molar-refractivity contribution in [3.05, 3.63) is 39.4 Å². The monoisotopic (exact) mass is 402 g/mol. The van der Waals surface area contributed by atoms with Gasteiger partial charge in [-0.05, 0) is 18.9 Å². The van der Waals surface area contributed by atoms with E-state index in [1.54, 1.807) is 0 Å². The van der Waals surface area contributed by atoms with Crippen LogP contribution in [0.2, 0.25) is 0 Å². The fourth-order valence-electron chi connectivity index (χ4n) is 3.43. The van der Waals surface area contributed by atoms with Gasteiger partial charge in [0.25, 0.3) is 11.6 Å². The summed E-state index contributed by atoms with van der Waals surface area (Å²) in [6.07, 6.45) is 2.11. The Labute approximate surface area is 164 Å². The number of nitro groups is 1. The Balaban J connectivity index is 0.000000252. The third-order valence-corrected chi connectivity index (χ3v) is 4.84. The number of carbonyl (C=O) groups is 5. The van der Waals surface area contributed by atoms with Gasteiger partial charge in [0.1, 0.15) is 6.04 Å². The van der Waals surface area contributed by atoms with E-state index in [0.29, 0.717) is 24.8 Å². The molecule has 3 aliphatic rings. The lowest BCUT2D eigenvalue weighted by molar-refractivity contribution is -0.385. The van der Waals surface area contributed by atoms with E-state index >= 15 is 0 Å². The zero-order chi connectivity index (χ0) is 21.1. The van der Waals surface area contributed by atoms with E-state index in [0.717, 1.165) is 0 Å². The molecule has 11 nitrogen and oxygen atoms in total. The number of hydrogen-bond acceptors (Lipinski definition) is 7. The molecule has 2 fully saturated rings. The molecular formula is C18H18N4O7. The Morgan fingerprint density at radius 1 is 0.966 bits per heavy atom. The number of rotatable bonds is 2. The second-order valence-corrected chi connectivity index (χ2v) is 6.79. The minimum Gasteiger partial charge on any atom is -0.322 e. The summed E-state index contributed by atoms with van der Waals surface area (Å²) in [5.41, 5.74) is 0.432. The van der Waals surface area contributed by atoms with Crippen LogP contribution in [-0.2, 0) is 25.7 Å². The van der Waals surface area contributed by atoms with Gasteiger partial charge < -0.3 is 4.90 Å². The first-order chi connectivity index (χ1) is 13.8. The van der Waals surface area contributed by atoms with E-state index in [9.17, 15) is 34.1 Å². The first kappa shape index (κ1) is 20.1. The molecule has 0 aromatic heterocycles. The number of nitrogens with one attached hydrogen (secondary N) is 2. The van der Waals surface area contributed by atoms with Crippen LogP contribution in [-0.4, -0.2) is 45.4 Å². The van der Waals surface area contributed by atoms with Gasteiger partial charge in [0.05, 0.1) is 22.6 Å². The molecule has 0 radical (unpaired) electrons. The molecule has 2 N–H and O–H groups in total. The van der Waals surface area contributed by atoms with Gasteiger partial charge in [0.15, 0.2) is 0 Å². The van der Waals surface area contributed by atoms with E-state index in [-0.39, 0.29) is 48.4 Å². The van der Waals surface area contributed by atoms with Crippen LogP contribution >= 0.6 is 0 Å². The fourth-order valence-corrected chi connectivity index (χ4v) is 3.43. The van der Waals surface area contributed by atoms with E-state index in [1.807, 2.05) is 0 Å². The molecule has 1 unspecified atom stereocenters. The van der Waals surface area contributed by atoms with E-state index < -0.39 is 22.8 Å². The van der Waals surface area contributed by atoms with Gasteiger partial charge in [-0.2, -0.15) is 0 Å². The molecule has 1 aromatic rings. The van der Waals surface area contributed by atoms with Gasteiger partial charge in [-0.1, -0.05) is 6.07 Å². The summed E-state index contributed by atoms with van der Waals surface area (Å²) in [5, 5.41) is 15.4. The number of amides is 5. The van der Waals surface area contributed by atoms with Crippen molar-refractivity contribution < 1.29 is 28.9 Å². The lowest BCUT2D eigenvalue weighted by Crippen LogP contribution is -2.52. The summed E-state index contributed by atoms with van der Waals surface area (Å²) in [6, 6.07) is 3.53. The molecule has 0 bridgehead atoms. The first-order valence-electron chi connectivity index (χ1n) is 9.01. The third kappa shape index (κ3) is 4.28. The molecule has 3 heterocycles. The number of nitrogens with zero attached hydrogens (tertiary/aromatic N) is 2. The molecule has 2 saturated heterocycles. The second kappa shape index (κ2) is 8.17. The van der Waals surface area contributed by atoms with Crippen LogP contribution in [0.1, 0.15) is 48.0 Å². The third-order valence-electron chi connectivity index (χ3n) is 4.84. The molecule has 0 saturated carbocycles. The highest BCUT2D eigenvalue weighted by atomic mass is 16.6. The van der Waals surface area contributed by atoms with Crippen LogP contribution in [0, 0.1) is 10.1 Å². The minimum atomic E-state index is -0.762. The second-order valence-electron chi connectivity index (χ2n) is 6.79. The average molecular weight is 402 g/mol. The van der Waals surface area contributed by atoms with Gasteiger partial charge in [0.2, 0.25) is 23.6 Å². The summed E-state index contributed by atoms with van der Waals surface area (Å²) in [5.74, 6) is -1.59. The molecule has 3 aliphatic heterocycles. The van der Waals surface area contributed by atoms with E-state index in [2.05, 4.69) is 10.6 Å². The number of hydrogen-bond donors (Lipinski definition) is 2. The van der Waals surface area contributed by atoms with Crippen LogP contribution < -0.4 is 10.6 Å². The van der Waals surface area contributed by atoms with Gasteiger partial charge in [-0.3, -0.25) is 44.7 Å². The van der Waals surface area contributed by atoms with Crippen LogP contribution in [0.4, 0.5) is 5.69 Å². The average Bonchev–Trinajstić information content (AvgIpc) is 2.99. The Bertz CT molecular complexity index is 913. The first-order valence-corrected chi connectivity index (χ1v) is 9.01. The van der Waals surface area contributed by atoms with Crippen LogP contribution in [0.15, 0.2) is 18.2 Å². The number of fused-ring (bicyclic) bond motifs is 1. The molecule has 4 rings (SSSR count). The largest absolute Gasteiger partial charge is 0.322 e. The van der Waals surface area contributed by atoms with Crippen molar-refractivity contribution in [1.82, 2.24) is 15.5 Å². The lowest BCUT2D eigenvalue weighted by Gasteiger charge is -2.29. The molecular weight excluding hydrogens is 384 g/mol. The zero-order valence-electron chi connectivity index (χ0n) is 15.3. The fraction of sp³-hybridized carbons (Fsp3) is 0.389. The molecule has 1 aromatic carbocycles. The summed E-state index contributed by atoms with van der Waals surface area (Å²) >= 11 is 0. The van der Waals surface area contributed by atoms with Crippen LogP contribution in [0.3, 0.4) is 0 Å². The molecule has 5 amide bonds. The maximum absolute atomic E-state index is 12.3. The number of benzene rings is 1. The minimum absolute atomic E-state index is 0.0115. The summed E-state index contributed by atoms with van der Waals surface area (Å²) in [7, 11) is 0. The van der Waals surface area contributed by atoms with Crippen molar-refractivity contribution in [1.29, 1.82) is 0 Å². The molecule has 0 aliphatic carbocycles. The highest BCUT2D eigenvalue weighted by Gasteiger charge is 2.41. The van der Waals surface area contributed by atoms with Crippen molar-refractivity contribution in [2.45, 2.75) is 44.7 Å². The van der Waals surface area contributed by atoms with Gasteiger partial charge in [-0.15, -0.1) is 0 Å². The van der Waals surface area contributed by atoms with E-state index in [4.69, 9.17) is 0 Å². The predicted molar refractivity (Wildman–Crippen MR) is 96.1 cm³/mol. The molecule has 29 heavy (non-hydrogen) atoms. The summed E-state index contributed by atoms with van der Waals surface area (Å²) in [6.45, 7) is 0.0115. The Hall–Kier alpha value is -3.63. The molecule has 152 valence electrons. The predicted octanol–water partition coefficient (Wildman–Crippen LogP) is 0.169. The number of carbonyl (C=O) groups excluding carboxylic acids is 5. The number of piperidine rings is 2. The zero-order valence-corrected chi connectivity index (χ0v) is 15.3. The SMILES string of the molecule is O=C1CCC(N2Cc3c(cccc3[N+](=O)[O-])C2=O)C(=O)N1.O=C1CCCC(=O)N1. The molecule has 0 spiro atoms. The highest BCUT2D eigenvalue weighted by Crippen LogP contribution is 2.33. The van der Waals surface area contributed by atoms with Crippen molar-refractivity contribution in [2.24, 2.45) is 0 Å². The molecule has 11 heteroatoms. The van der Waals surface area contributed by atoms with E-state index in [1.165, 1.54) is 23.1 Å². The highest BCUT2D eigenvalue weighted by molar-refractivity contribution is 6.05. The van der Waals surface area contributed by atoms with Crippen molar-refractivity contribution >= 4 is 35.2 Å². The summed E-state index contributed by atoms with van der Waals surface area (Å²) < 4.78 is 0. The van der Waals surface area contributed by atoms with Crippen LogP contribution in [0.5, 0.6) is 0 Å². The number of nitro benzene ring substituents is 1. The quantitative estimate of drug-likeness (QED) is 0.406. The number of imide groups is 2. The van der Waals surface area contributed by atoms with Gasteiger partial charge >= 0.3 is 0 Å². The molecule has 1 atom stereocenters. The van der Waals surface area contributed by atoms with Gasteiger partial charge in [-0.25, -0.2) is 0 Å². The van der Waals surface area contributed by atoms with Crippen molar-refractivity contribution in [3.8, 4) is 0 Å². The maximum Gasteiger partial charge on any atom is 0.275 e.